The van der Waals surface area contributed by atoms with Gasteiger partial charge in [-0.1, -0.05) is 5.16 Å². The number of likely N-dealkylation sites (tertiary alicyclic amines) is 1. The second-order valence-electron chi connectivity index (χ2n) is 4.02. The number of hydrogen-bond donors (Lipinski definition) is 2. The van der Waals surface area contributed by atoms with Crippen LogP contribution in [0.25, 0.3) is 0 Å². The summed E-state index contributed by atoms with van der Waals surface area (Å²) in [7, 11) is 0. The first kappa shape index (κ1) is 11.4. The molecule has 0 atom stereocenters. The summed E-state index contributed by atoms with van der Waals surface area (Å²) in [6, 6.07) is 1.47. The number of amides is 2. The fourth-order valence-electron chi connectivity index (χ4n) is 1.72. The van der Waals surface area contributed by atoms with Gasteiger partial charge in [0.15, 0.2) is 0 Å². The lowest BCUT2D eigenvalue weighted by molar-refractivity contribution is -0.139. The molecule has 1 aliphatic rings. The van der Waals surface area contributed by atoms with Gasteiger partial charge in [0.25, 0.3) is 0 Å². The number of carboxylic acids is 1. The molecule has 7 heteroatoms. The quantitative estimate of drug-likeness (QED) is 0.787. The van der Waals surface area contributed by atoms with Gasteiger partial charge in [0, 0.05) is 25.1 Å². The van der Waals surface area contributed by atoms with Crippen molar-refractivity contribution in [1.82, 2.24) is 15.4 Å². The lowest BCUT2D eigenvalue weighted by atomic mass is 9.97. The minimum atomic E-state index is -0.822. The van der Waals surface area contributed by atoms with Crippen molar-refractivity contribution < 1.29 is 19.2 Å². The number of rotatable bonds is 4. The van der Waals surface area contributed by atoms with E-state index in [2.05, 4.69) is 15.0 Å². The van der Waals surface area contributed by atoms with Crippen molar-refractivity contribution in [2.75, 3.05) is 13.1 Å². The number of urea groups is 1. The molecule has 0 radical (unpaired) electrons. The Morgan fingerprint density at radius 2 is 2.35 bits per heavy atom. The van der Waals surface area contributed by atoms with Gasteiger partial charge in [0.1, 0.15) is 12.0 Å². The lowest BCUT2D eigenvalue weighted by Crippen LogP contribution is -2.54. The van der Waals surface area contributed by atoms with Crippen LogP contribution < -0.4 is 5.32 Å². The van der Waals surface area contributed by atoms with Gasteiger partial charge in [-0.05, 0) is 0 Å². The molecule has 2 amide bonds. The average molecular weight is 239 g/mol. The highest BCUT2D eigenvalue weighted by molar-refractivity contribution is 5.75. The lowest BCUT2D eigenvalue weighted by Gasteiger charge is -2.38. The van der Waals surface area contributed by atoms with E-state index in [1.54, 1.807) is 11.0 Å². The summed E-state index contributed by atoms with van der Waals surface area (Å²) in [5, 5.41) is 14.9. The number of aliphatic carboxylic acids is 1. The number of nitrogens with one attached hydrogen (secondary N) is 1. The number of aromatic nitrogens is 1. The van der Waals surface area contributed by atoms with Crippen LogP contribution in [0.3, 0.4) is 0 Å². The predicted molar refractivity (Wildman–Crippen MR) is 56.1 cm³/mol. The van der Waals surface area contributed by atoms with Gasteiger partial charge in [-0.15, -0.1) is 0 Å². The van der Waals surface area contributed by atoms with Gasteiger partial charge in [-0.2, -0.15) is 0 Å². The van der Waals surface area contributed by atoms with E-state index in [-0.39, 0.29) is 18.4 Å². The normalized spacial score (nSPS) is 15.4. The topological polar surface area (TPSA) is 95.7 Å². The van der Waals surface area contributed by atoms with Crippen molar-refractivity contribution in [2.24, 2.45) is 5.92 Å². The van der Waals surface area contributed by atoms with E-state index < -0.39 is 5.97 Å². The summed E-state index contributed by atoms with van der Waals surface area (Å²) in [6.45, 7) is 1.31. The molecule has 0 saturated carbocycles. The summed E-state index contributed by atoms with van der Waals surface area (Å²) in [5.74, 6) is -0.747. The average Bonchev–Trinajstić information content (AvgIpc) is 2.71. The van der Waals surface area contributed by atoms with Crippen LogP contribution in [0.5, 0.6) is 0 Å². The maximum Gasteiger partial charge on any atom is 0.317 e. The molecular weight excluding hydrogens is 226 g/mol. The molecule has 1 aliphatic heterocycles. The molecular formula is C10H13N3O4. The Morgan fingerprint density at radius 1 is 1.59 bits per heavy atom. The van der Waals surface area contributed by atoms with Crippen molar-refractivity contribution in [2.45, 2.75) is 13.0 Å². The van der Waals surface area contributed by atoms with Crippen LogP contribution >= 0.6 is 0 Å². The van der Waals surface area contributed by atoms with Gasteiger partial charge in [-0.25, -0.2) is 4.79 Å². The van der Waals surface area contributed by atoms with Crippen LogP contribution in [0, 0.1) is 5.92 Å². The largest absolute Gasteiger partial charge is 0.481 e. The SMILES string of the molecule is O=C(O)CC1CN(C(=O)NCc2ccon2)C1. The van der Waals surface area contributed by atoms with E-state index in [1.807, 2.05) is 0 Å². The molecule has 0 bridgehead atoms. The summed E-state index contributed by atoms with van der Waals surface area (Å²) < 4.78 is 4.63. The molecule has 2 N–H and O–H groups in total. The fraction of sp³-hybridized carbons (Fsp3) is 0.500. The van der Waals surface area contributed by atoms with Crippen molar-refractivity contribution in [3.05, 3.63) is 18.0 Å². The highest BCUT2D eigenvalue weighted by atomic mass is 16.5. The Bertz CT molecular complexity index is 398. The number of carbonyl (C=O) groups excluding carboxylic acids is 1. The Morgan fingerprint density at radius 3 is 2.94 bits per heavy atom. The Kier molecular flexibility index (Phi) is 3.27. The third-order valence-corrected chi connectivity index (χ3v) is 2.62. The maximum atomic E-state index is 11.6. The highest BCUT2D eigenvalue weighted by Gasteiger charge is 2.31. The van der Waals surface area contributed by atoms with Gasteiger partial charge in [0.05, 0.1) is 13.0 Å². The molecule has 92 valence electrons. The maximum absolute atomic E-state index is 11.6. The highest BCUT2D eigenvalue weighted by Crippen LogP contribution is 2.18. The van der Waals surface area contributed by atoms with E-state index in [9.17, 15) is 9.59 Å². The minimum absolute atomic E-state index is 0.0744. The van der Waals surface area contributed by atoms with E-state index in [0.29, 0.717) is 25.3 Å². The molecule has 17 heavy (non-hydrogen) atoms. The van der Waals surface area contributed by atoms with E-state index in [1.165, 1.54) is 6.26 Å². The van der Waals surface area contributed by atoms with Crippen LogP contribution in [-0.4, -0.2) is 40.3 Å². The fourth-order valence-corrected chi connectivity index (χ4v) is 1.72. The molecule has 2 heterocycles. The zero-order valence-corrected chi connectivity index (χ0v) is 9.13. The first-order valence-corrected chi connectivity index (χ1v) is 5.29. The van der Waals surface area contributed by atoms with E-state index in [4.69, 9.17) is 5.11 Å². The molecule has 2 rings (SSSR count). The summed E-state index contributed by atoms with van der Waals surface area (Å²) in [4.78, 5) is 23.6. The minimum Gasteiger partial charge on any atom is -0.481 e. The van der Waals surface area contributed by atoms with Crippen LogP contribution in [0.4, 0.5) is 4.79 Å². The van der Waals surface area contributed by atoms with Gasteiger partial charge < -0.3 is 19.8 Å². The summed E-state index contributed by atoms with van der Waals surface area (Å²) in [6.07, 6.45) is 1.56. The van der Waals surface area contributed by atoms with E-state index in [0.717, 1.165) is 0 Å². The summed E-state index contributed by atoms with van der Waals surface area (Å²) in [5.41, 5.74) is 0.654. The van der Waals surface area contributed by atoms with Gasteiger partial charge in [0.2, 0.25) is 0 Å². The second-order valence-corrected chi connectivity index (χ2v) is 4.02. The first-order valence-electron chi connectivity index (χ1n) is 5.29. The van der Waals surface area contributed by atoms with Crippen molar-refractivity contribution in [3.8, 4) is 0 Å². The van der Waals surface area contributed by atoms with Crippen LogP contribution in [0.15, 0.2) is 16.9 Å². The van der Waals surface area contributed by atoms with Gasteiger partial charge >= 0.3 is 12.0 Å². The molecule has 7 nitrogen and oxygen atoms in total. The van der Waals surface area contributed by atoms with Crippen molar-refractivity contribution in [3.63, 3.8) is 0 Å². The molecule has 0 aliphatic carbocycles. The Hall–Kier alpha value is -2.05. The molecule has 1 saturated heterocycles. The summed E-state index contributed by atoms with van der Waals surface area (Å²) >= 11 is 0. The molecule has 1 aromatic rings. The Labute approximate surface area is 97.4 Å². The zero-order valence-electron chi connectivity index (χ0n) is 9.13. The number of carboxylic acid groups (broad SMARTS) is 1. The molecule has 1 aromatic heterocycles. The van der Waals surface area contributed by atoms with Crippen LogP contribution in [-0.2, 0) is 11.3 Å². The van der Waals surface area contributed by atoms with Crippen LogP contribution in [0.1, 0.15) is 12.1 Å². The second kappa shape index (κ2) is 4.86. The molecule has 0 unspecified atom stereocenters. The number of carbonyl (C=O) groups is 2. The third-order valence-electron chi connectivity index (χ3n) is 2.62. The third kappa shape index (κ3) is 2.96. The number of hydrogen-bond acceptors (Lipinski definition) is 4. The smallest absolute Gasteiger partial charge is 0.317 e. The molecule has 0 spiro atoms. The standard InChI is InChI=1S/C10H13N3O4/c14-9(15)3-7-5-13(6-7)10(16)11-4-8-1-2-17-12-8/h1-2,7H,3-6H2,(H,11,16)(H,14,15). The van der Waals surface area contributed by atoms with Crippen molar-refractivity contribution in [1.29, 1.82) is 0 Å². The van der Waals surface area contributed by atoms with Crippen LogP contribution in [0.2, 0.25) is 0 Å². The first-order chi connectivity index (χ1) is 8.15. The predicted octanol–water partition coefficient (Wildman–Crippen LogP) is 0.291. The van der Waals surface area contributed by atoms with E-state index >= 15 is 0 Å². The Balaban J connectivity index is 1.67. The molecule has 0 aromatic carbocycles. The van der Waals surface area contributed by atoms with Crippen molar-refractivity contribution >= 4 is 12.0 Å². The monoisotopic (exact) mass is 239 g/mol. The zero-order chi connectivity index (χ0) is 12.3. The molecule has 1 fully saturated rings. The van der Waals surface area contributed by atoms with Gasteiger partial charge in [-0.3, -0.25) is 4.79 Å². The number of nitrogens with zero attached hydrogens (tertiary/aromatic N) is 2.